The van der Waals surface area contributed by atoms with E-state index in [4.69, 9.17) is 11.6 Å². The second-order valence-electron chi connectivity index (χ2n) is 5.07. The minimum atomic E-state index is 0.518. The average molecular weight is 258 g/mol. The first-order valence-corrected chi connectivity index (χ1v) is 7.31. The zero-order chi connectivity index (χ0) is 11.7. The van der Waals surface area contributed by atoms with Gasteiger partial charge in [0.1, 0.15) is 0 Å². The largest absolute Gasteiger partial charge is 0.307 e. The molecule has 2 rings (SSSR count). The molecule has 1 nitrogen and oxygen atoms in total. The maximum absolute atomic E-state index is 6.11. The van der Waals surface area contributed by atoms with Crippen LogP contribution in [0.25, 0.3) is 0 Å². The van der Waals surface area contributed by atoms with Gasteiger partial charge < -0.3 is 5.32 Å². The standard InChI is InChI=1S/C13H20ClNS/c1-8(2)9(3)15-11-5-4-6-12-10(11)7-13(14)16-12/h7-9,11,15H,4-6H2,1-3H3. The predicted octanol–water partition coefficient (Wildman–Crippen LogP) is 4.41. The molecular formula is C13H20ClNS. The van der Waals surface area contributed by atoms with Crippen molar-refractivity contribution < 1.29 is 0 Å². The van der Waals surface area contributed by atoms with Crippen molar-refractivity contribution in [2.45, 2.75) is 52.1 Å². The molecule has 0 spiro atoms. The Kier molecular flexibility index (Phi) is 3.93. The van der Waals surface area contributed by atoms with Crippen molar-refractivity contribution in [2.75, 3.05) is 0 Å². The Balaban J connectivity index is 2.12. The van der Waals surface area contributed by atoms with Crippen molar-refractivity contribution in [1.82, 2.24) is 5.32 Å². The SMILES string of the molecule is CC(C)C(C)NC1CCCc2sc(Cl)cc21. The number of rotatable bonds is 3. The molecule has 1 aromatic rings. The Morgan fingerprint density at radius 3 is 2.88 bits per heavy atom. The van der Waals surface area contributed by atoms with Gasteiger partial charge in [0.05, 0.1) is 4.34 Å². The summed E-state index contributed by atoms with van der Waals surface area (Å²) in [4.78, 5) is 1.49. The van der Waals surface area contributed by atoms with Crippen LogP contribution in [0.15, 0.2) is 6.07 Å². The van der Waals surface area contributed by atoms with Crippen LogP contribution in [0.1, 0.15) is 50.1 Å². The number of thiophene rings is 1. The van der Waals surface area contributed by atoms with Crippen LogP contribution in [0.2, 0.25) is 4.34 Å². The Morgan fingerprint density at radius 1 is 1.44 bits per heavy atom. The third-order valence-corrected chi connectivity index (χ3v) is 4.89. The van der Waals surface area contributed by atoms with E-state index in [-0.39, 0.29) is 0 Å². The maximum atomic E-state index is 6.11. The fraction of sp³-hybridized carbons (Fsp3) is 0.692. The Bertz CT molecular complexity index is 359. The highest BCUT2D eigenvalue weighted by Crippen LogP contribution is 2.38. The summed E-state index contributed by atoms with van der Waals surface area (Å²) in [6.07, 6.45) is 3.74. The zero-order valence-corrected chi connectivity index (χ0v) is 11.8. The Labute approximate surface area is 107 Å². The highest BCUT2D eigenvalue weighted by molar-refractivity contribution is 7.16. The van der Waals surface area contributed by atoms with E-state index in [0.717, 1.165) is 4.34 Å². The van der Waals surface area contributed by atoms with E-state index in [9.17, 15) is 0 Å². The minimum Gasteiger partial charge on any atom is -0.307 e. The van der Waals surface area contributed by atoms with Crippen LogP contribution in [0.4, 0.5) is 0 Å². The van der Waals surface area contributed by atoms with Gasteiger partial charge in [0.25, 0.3) is 0 Å². The lowest BCUT2D eigenvalue weighted by molar-refractivity contribution is 0.352. The molecule has 1 aliphatic rings. The van der Waals surface area contributed by atoms with Crippen molar-refractivity contribution in [2.24, 2.45) is 5.92 Å². The number of aryl methyl sites for hydroxylation is 1. The second-order valence-corrected chi connectivity index (χ2v) is 6.84. The fourth-order valence-corrected chi connectivity index (χ4v) is 3.59. The van der Waals surface area contributed by atoms with Gasteiger partial charge in [-0.25, -0.2) is 0 Å². The normalized spacial score (nSPS) is 22.2. The number of hydrogen-bond acceptors (Lipinski definition) is 2. The van der Waals surface area contributed by atoms with E-state index >= 15 is 0 Å². The van der Waals surface area contributed by atoms with Crippen LogP contribution in [-0.4, -0.2) is 6.04 Å². The van der Waals surface area contributed by atoms with E-state index in [1.165, 1.54) is 29.7 Å². The molecule has 1 N–H and O–H groups in total. The van der Waals surface area contributed by atoms with Gasteiger partial charge in [-0.15, -0.1) is 11.3 Å². The molecule has 2 unspecified atom stereocenters. The molecule has 0 radical (unpaired) electrons. The molecule has 0 amide bonds. The van der Waals surface area contributed by atoms with Gasteiger partial charge in [0, 0.05) is 17.0 Å². The number of halogens is 1. The average Bonchev–Trinajstić information content (AvgIpc) is 2.59. The quantitative estimate of drug-likeness (QED) is 0.846. The first-order chi connectivity index (χ1) is 7.58. The smallest absolute Gasteiger partial charge is 0.0934 e. The first kappa shape index (κ1) is 12.4. The highest BCUT2D eigenvalue weighted by atomic mass is 35.5. The van der Waals surface area contributed by atoms with Gasteiger partial charge in [-0.3, -0.25) is 0 Å². The van der Waals surface area contributed by atoms with Crippen LogP contribution in [0.3, 0.4) is 0 Å². The molecule has 1 aromatic heterocycles. The van der Waals surface area contributed by atoms with Crippen molar-refractivity contribution in [1.29, 1.82) is 0 Å². The molecule has 0 saturated heterocycles. The summed E-state index contributed by atoms with van der Waals surface area (Å²) < 4.78 is 0.941. The van der Waals surface area contributed by atoms with Crippen LogP contribution >= 0.6 is 22.9 Å². The van der Waals surface area contributed by atoms with Crippen molar-refractivity contribution in [3.63, 3.8) is 0 Å². The van der Waals surface area contributed by atoms with E-state index in [2.05, 4.69) is 32.2 Å². The lowest BCUT2D eigenvalue weighted by Crippen LogP contribution is -2.35. The fourth-order valence-electron chi connectivity index (χ4n) is 2.20. The molecule has 1 heterocycles. The van der Waals surface area contributed by atoms with Gasteiger partial charge in [-0.2, -0.15) is 0 Å². The van der Waals surface area contributed by atoms with Gasteiger partial charge in [0.2, 0.25) is 0 Å². The molecule has 2 atom stereocenters. The molecule has 0 aromatic carbocycles. The molecule has 16 heavy (non-hydrogen) atoms. The Morgan fingerprint density at radius 2 is 2.19 bits per heavy atom. The summed E-state index contributed by atoms with van der Waals surface area (Å²) in [5.74, 6) is 0.680. The lowest BCUT2D eigenvalue weighted by atomic mass is 9.92. The second kappa shape index (κ2) is 5.07. The molecule has 3 heteroatoms. The predicted molar refractivity (Wildman–Crippen MR) is 72.4 cm³/mol. The van der Waals surface area contributed by atoms with Crippen LogP contribution in [0, 0.1) is 5.92 Å². The topological polar surface area (TPSA) is 12.0 Å². The third kappa shape index (κ3) is 2.61. The Hall–Kier alpha value is -0.0500. The number of hydrogen-bond donors (Lipinski definition) is 1. The number of nitrogens with one attached hydrogen (secondary N) is 1. The minimum absolute atomic E-state index is 0.518. The lowest BCUT2D eigenvalue weighted by Gasteiger charge is -2.28. The molecule has 0 saturated carbocycles. The van der Waals surface area contributed by atoms with E-state index in [1.807, 2.05) is 0 Å². The van der Waals surface area contributed by atoms with Gasteiger partial charge in [0.15, 0.2) is 0 Å². The molecule has 90 valence electrons. The van der Waals surface area contributed by atoms with Crippen LogP contribution < -0.4 is 5.32 Å². The van der Waals surface area contributed by atoms with Crippen LogP contribution in [-0.2, 0) is 6.42 Å². The summed E-state index contributed by atoms with van der Waals surface area (Å²) in [6.45, 7) is 6.80. The summed E-state index contributed by atoms with van der Waals surface area (Å²) in [6, 6.07) is 3.24. The monoisotopic (exact) mass is 257 g/mol. The zero-order valence-electron chi connectivity index (χ0n) is 10.2. The van der Waals surface area contributed by atoms with Crippen LogP contribution in [0.5, 0.6) is 0 Å². The third-order valence-electron chi connectivity index (χ3n) is 3.55. The van der Waals surface area contributed by atoms with Gasteiger partial charge >= 0.3 is 0 Å². The number of fused-ring (bicyclic) bond motifs is 1. The van der Waals surface area contributed by atoms with E-state index < -0.39 is 0 Å². The van der Waals surface area contributed by atoms with Crippen molar-refractivity contribution in [3.05, 3.63) is 20.8 Å². The molecule has 0 bridgehead atoms. The molecular weight excluding hydrogens is 238 g/mol. The van der Waals surface area contributed by atoms with Crippen molar-refractivity contribution in [3.8, 4) is 0 Å². The highest BCUT2D eigenvalue weighted by Gasteiger charge is 2.24. The van der Waals surface area contributed by atoms with Gasteiger partial charge in [-0.1, -0.05) is 25.4 Å². The summed E-state index contributed by atoms with van der Waals surface area (Å²) in [5, 5.41) is 3.74. The van der Waals surface area contributed by atoms with E-state index in [0.29, 0.717) is 18.0 Å². The maximum Gasteiger partial charge on any atom is 0.0934 e. The van der Waals surface area contributed by atoms with E-state index in [1.54, 1.807) is 11.3 Å². The summed E-state index contributed by atoms with van der Waals surface area (Å²) >= 11 is 7.86. The summed E-state index contributed by atoms with van der Waals surface area (Å²) in [7, 11) is 0. The van der Waals surface area contributed by atoms with Crippen molar-refractivity contribution >= 4 is 22.9 Å². The molecule has 0 fully saturated rings. The molecule has 1 aliphatic carbocycles. The molecule has 0 aliphatic heterocycles. The van der Waals surface area contributed by atoms with Gasteiger partial charge in [-0.05, 0) is 43.7 Å². The first-order valence-electron chi connectivity index (χ1n) is 6.12. The summed E-state index contributed by atoms with van der Waals surface area (Å²) in [5.41, 5.74) is 1.45.